The lowest BCUT2D eigenvalue weighted by Crippen LogP contribution is -2.58. The highest BCUT2D eigenvalue weighted by Gasteiger charge is 2.46. The number of ether oxygens (including phenoxy) is 2. The fourth-order valence-corrected chi connectivity index (χ4v) is 1.90. The number of amides is 1. The van der Waals surface area contributed by atoms with Crippen LogP contribution in [0.25, 0.3) is 0 Å². The summed E-state index contributed by atoms with van der Waals surface area (Å²) in [6, 6.07) is 0. The first-order valence-electron chi connectivity index (χ1n) is 6.89. The molecule has 1 atom stereocenters. The molecule has 20 heavy (non-hydrogen) atoms. The Kier molecular flexibility index (Phi) is 4.69. The van der Waals surface area contributed by atoms with E-state index in [1.54, 1.807) is 41.5 Å². The standard InChI is InChI=1S/C14H26N2O4/c1-12(2,3)19-10(17)14(7-8-15-9-14)16-11(18)20-13(4,5)6/h15H,7-9H2,1-6H3,(H,16,18)/t14-/m0/s1. The lowest BCUT2D eigenvalue weighted by molar-refractivity contribution is -0.162. The van der Waals surface area contributed by atoms with E-state index < -0.39 is 28.8 Å². The van der Waals surface area contributed by atoms with E-state index in [0.29, 0.717) is 19.5 Å². The Balaban J connectivity index is 2.77. The van der Waals surface area contributed by atoms with Crippen molar-refractivity contribution in [2.75, 3.05) is 13.1 Å². The number of alkyl carbamates (subject to hydrolysis) is 1. The van der Waals surface area contributed by atoms with Crippen LogP contribution in [0.1, 0.15) is 48.0 Å². The first kappa shape index (κ1) is 16.8. The van der Waals surface area contributed by atoms with Gasteiger partial charge in [-0.1, -0.05) is 0 Å². The summed E-state index contributed by atoms with van der Waals surface area (Å²) >= 11 is 0. The largest absolute Gasteiger partial charge is 0.458 e. The van der Waals surface area contributed by atoms with E-state index in [4.69, 9.17) is 9.47 Å². The second-order valence-electron chi connectivity index (χ2n) is 7.14. The molecule has 0 aromatic heterocycles. The Hall–Kier alpha value is -1.30. The molecule has 0 aromatic carbocycles. The third-order valence-corrected chi connectivity index (χ3v) is 2.69. The predicted octanol–water partition coefficient (Wildman–Crippen LogP) is 1.58. The fourth-order valence-electron chi connectivity index (χ4n) is 1.90. The molecule has 1 aliphatic rings. The van der Waals surface area contributed by atoms with Gasteiger partial charge in [0.1, 0.15) is 11.2 Å². The monoisotopic (exact) mass is 286 g/mol. The molecule has 0 aromatic rings. The Morgan fingerprint density at radius 1 is 1.05 bits per heavy atom. The molecule has 0 radical (unpaired) electrons. The van der Waals surface area contributed by atoms with Crippen LogP contribution in [0.4, 0.5) is 4.79 Å². The molecule has 116 valence electrons. The molecule has 1 saturated heterocycles. The van der Waals surface area contributed by atoms with Gasteiger partial charge in [-0.05, 0) is 54.5 Å². The van der Waals surface area contributed by atoms with E-state index in [-0.39, 0.29) is 0 Å². The Morgan fingerprint density at radius 3 is 2.00 bits per heavy atom. The normalized spacial score (nSPS) is 23.3. The van der Waals surface area contributed by atoms with E-state index >= 15 is 0 Å². The molecule has 1 heterocycles. The highest BCUT2D eigenvalue weighted by atomic mass is 16.6. The van der Waals surface area contributed by atoms with Crippen LogP contribution >= 0.6 is 0 Å². The van der Waals surface area contributed by atoms with Gasteiger partial charge in [-0.15, -0.1) is 0 Å². The van der Waals surface area contributed by atoms with E-state index in [0.717, 1.165) is 0 Å². The van der Waals surface area contributed by atoms with E-state index in [1.807, 2.05) is 0 Å². The van der Waals surface area contributed by atoms with Crippen molar-refractivity contribution in [2.45, 2.75) is 64.7 Å². The van der Waals surface area contributed by atoms with Crippen molar-refractivity contribution in [3.05, 3.63) is 0 Å². The number of nitrogens with one attached hydrogen (secondary N) is 2. The van der Waals surface area contributed by atoms with Crippen molar-refractivity contribution in [1.29, 1.82) is 0 Å². The molecule has 1 aliphatic heterocycles. The SMILES string of the molecule is CC(C)(C)OC(=O)N[C@@]1(C(=O)OC(C)(C)C)CCNC1. The van der Waals surface area contributed by atoms with Crippen LogP contribution in [-0.4, -0.2) is 41.9 Å². The lowest BCUT2D eigenvalue weighted by atomic mass is 9.98. The highest BCUT2D eigenvalue weighted by Crippen LogP contribution is 2.21. The summed E-state index contributed by atoms with van der Waals surface area (Å²) in [5.41, 5.74) is -2.25. The number of hydrogen-bond acceptors (Lipinski definition) is 5. The second kappa shape index (κ2) is 5.60. The summed E-state index contributed by atoms with van der Waals surface area (Å²) in [6.45, 7) is 11.7. The molecule has 1 amide bonds. The number of carbonyl (C=O) groups is 2. The van der Waals surface area contributed by atoms with E-state index in [2.05, 4.69) is 10.6 Å². The van der Waals surface area contributed by atoms with Gasteiger partial charge in [-0.3, -0.25) is 0 Å². The second-order valence-corrected chi connectivity index (χ2v) is 7.14. The summed E-state index contributed by atoms with van der Waals surface area (Å²) in [4.78, 5) is 24.3. The first-order valence-corrected chi connectivity index (χ1v) is 6.89. The minimum atomic E-state index is -1.05. The van der Waals surface area contributed by atoms with Crippen LogP contribution in [0.2, 0.25) is 0 Å². The van der Waals surface area contributed by atoms with Gasteiger partial charge in [-0.25, -0.2) is 9.59 Å². The topological polar surface area (TPSA) is 76.7 Å². The van der Waals surface area contributed by atoms with Gasteiger partial charge in [0.15, 0.2) is 5.54 Å². The zero-order valence-electron chi connectivity index (χ0n) is 13.3. The molecule has 0 aliphatic carbocycles. The van der Waals surface area contributed by atoms with Crippen molar-refractivity contribution >= 4 is 12.1 Å². The van der Waals surface area contributed by atoms with Gasteiger partial charge < -0.3 is 20.1 Å². The molecular formula is C14H26N2O4. The van der Waals surface area contributed by atoms with Crippen molar-refractivity contribution in [3.63, 3.8) is 0 Å². The number of rotatable bonds is 2. The molecule has 6 heteroatoms. The smallest absolute Gasteiger partial charge is 0.408 e. The molecule has 0 saturated carbocycles. The van der Waals surface area contributed by atoms with Crippen LogP contribution in [0, 0.1) is 0 Å². The van der Waals surface area contributed by atoms with Crippen molar-refractivity contribution in [3.8, 4) is 0 Å². The van der Waals surface area contributed by atoms with Crippen molar-refractivity contribution in [2.24, 2.45) is 0 Å². The van der Waals surface area contributed by atoms with Crippen LogP contribution in [0.5, 0.6) is 0 Å². The van der Waals surface area contributed by atoms with Crippen LogP contribution < -0.4 is 10.6 Å². The Morgan fingerprint density at radius 2 is 1.60 bits per heavy atom. The molecular weight excluding hydrogens is 260 g/mol. The molecule has 0 spiro atoms. The summed E-state index contributed by atoms with van der Waals surface area (Å²) in [7, 11) is 0. The van der Waals surface area contributed by atoms with Gasteiger partial charge in [-0.2, -0.15) is 0 Å². The van der Waals surface area contributed by atoms with E-state index in [1.165, 1.54) is 0 Å². The predicted molar refractivity (Wildman–Crippen MR) is 75.4 cm³/mol. The maximum atomic E-state index is 12.4. The van der Waals surface area contributed by atoms with E-state index in [9.17, 15) is 9.59 Å². The lowest BCUT2D eigenvalue weighted by Gasteiger charge is -2.32. The minimum absolute atomic E-state index is 0.348. The summed E-state index contributed by atoms with van der Waals surface area (Å²) in [5.74, 6) is -0.430. The first-order chi connectivity index (χ1) is 8.94. The van der Waals surface area contributed by atoms with Crippen LogP contribution in [0.3, 0.4) is 0 Å². The molecule has 2 N–H and O–H groups in total. The van der Waals surface area contributed by atoms with Crippen LogP contribution in [0.15, 0.2) is 0 Å². The Bertz CT molecular complexity index is 374. The highest BCUT2D eigenvalue weighted by molar-refractivity contribution is 5.87. The third kappa shape index (κ3) is 5.00. The van der Waals surface area contributed by atoms with Crippen molar-refractivity contribution in [1.82, 2.24) is 10.6 Å². The van der Waals surface area contributed by atoms with Gasteiger partial charge in [0.05, 0.1) is 0 Å². The number of esters is 1. The number of carbonyl (C=O) groups excluding carboxylic acids is 2. The quantitative estimate of drug-likeness (QED) is 0.754. The summed E-state index contributed by atoms with van der Waals surface area (Å²) in [5, 5.41) is 5.75. The summed E-state index contributed by atoms with van der Waals surface area (Å²) < 4.78 is 10.6. The van der Waals surface area contributed by atoms with Gasteiger partial charge in [0.2, 0.25) is 0 Å². The molecule has 6 nitrogen and oxygen atoms in total. The average molecular weight is 286 g/mol. The molecule has 0 bridgehead atoms. The molecule has 1 rings (SSSR count). The average Bonchev–Trinajstić information content (AvgIpc) is 2.61. The zero-order valence-corrected chi connectivity index (χ0v) is 13.3. The summed E-state index contributed by atoms with van der Waals surface area (Å²) in [6.07, 6.45) is -0.117. The molecule has 0 unspecified atom stereocenters. The molecule has 1 fully saturated rings. The third-order valence-electron chi connectivity index (χ3n) is 2.69. The van der Waals surface area contributed by atoms with Crippen molar-refractivity contribution < 1.29 is 19.1 Å². The zero-order chi connectivity index (χ0) is 15.6. The van der Waals surface area contributed by atoms with Crippen LogP contribution in [-0.2, 0) is 14.3 Å². The minimum Gasteiger partial charge on any atom is -0.458 e. The van der Waals surface area contributed by atoms with Gasteiger partial charge in [0, 0.05) is 6.54 Å². The fraction of sp³-hybridized carbons (Fsp3) is 0.857. The maximum absolute atomic E-state index is 12.4. The van der Waals surface area contributed by atoms with Gasteiger partial charge in [0.25, 0.3) is 0 Å². The van der Waals surface area contributed by atoms with Gasteiger partial charge >= 0.3 is 12.1 Å². The Labute approximate surface area is 120 Å². The maximum Gasteiger partial charge on any atom is 0.408 e. The number of hydrogen-bond donors (Lipinski definition) is 2.